The predicted octanol–water partition coefficient (Wildman–Crippen LogP) is 2.63. The number of aryl methyl sites for hydroxylation is 1. The number of nitrogens with zero attached hydrogens (tertiary/aromatic N) is 1. The Kier molecular flexibility index (Phi) is 4.68. The molecule has 2 saturated heterocycles. The first-order valence-corrected chi connectivity index (χ1v) is 8.49. The molecule has 0 aliphatic carbocycles. The number of rotatable bonds is 3. The van der Waals surface area contributed by atoms with E-state index in [-0.39, 0.29) is 11.7 Å². The maximum atomic E-state index is 14.0. The van der Waals surface area contributed by atoms with Gasteiger partial charge in [0.25, 0.3) is 5.91 Å². The van der Waals surface area contributed by atoms with Crippen LogP contribution in [0.1, 0.15) is 24.8 Å². The smallest absolute Gasteiger partial charge is 0.263 e. The Morgan fingerprint density at radius 3 is 2.77 bits per heavy atom. The number of piperidine rings is 1. The maximum absolute atomic E-state index is 14.0. The normalized spacial score (nSPS) is 23.1. The van der Waals surface area contributed by atoms with Crippen molar-refractivity contribution in [1.82, 2.24) is 10.2 Å². The Balaban J connectivity index is 1.69. The van der Waals surface area contributed by atoms with Crippen LogP contribution in [0.3, 0.4) is 0 Å². The minimum absolute atomic E-state index is 0.00753. The van der Waals surface area contributed by atoms with Gasteiger partial charge in [0.1, 0.15) is 0 Å². The first-order valence-electron chi connectivity index (χ1n) is 7.70. The molecule has 0 radical (unpaired) electrons. The summed E-state index contributed by atoms with van der Waals surface area (Å²) in [5, 5.41) is 3.30. The summed E-state index contributed by atoms with van der Waals surface area (Å²) in [7, 11) is 0. The Morgan fingerprint density at radius 1 is 1.32 bits per heavy atom. The second-order valence-electron chi connectivity index (χ2n) is 5.94. The van der Waals surface area contributed by atoms with Gasteiger partial charge in [-0.05, 0) is 50.6 Å². The highest BCUT2D eigenvalue weighted by Gasteiger charge is 2.38. The van der Waals surface area contributed by atoms with Gasteiger partial charge in [-0.2, -0.15) is 0 Å². The number of carbonyl (C=O) groups excluding carboxylic acids is 1. The third kappa shape index (κ3) is 3.13. The summed E-state index contributed by atoms with van der Waals surface area (Å²) in [6, 6.07) is 3.31. The lowest BCUT2D eigenvalue weighted by molar-refractivity contribution is -0.135. The summed E-state index contributed by atoms with van der Waals surface area (Å²) in [5.41, 5.74) is 0.886. The zero-order valence-electron chi connectivity index (χ0n) is 12.6. The van der Waals surface area contributed by atoms with Crippen molar-refractivity contribution in [3.8, 4) is 5.75 Å². The number of halogens is 2. The Bertz CT molecular complexity index is 576. The number of hydrogen-bond donors (Lipinski definition) is 1. The summed E-state index contributed by atoms with van der Waals surface area (Å²) < 4.78 is 20.3. The lowest BCUT2D eigenvalue weighted by Crippen LogP contribution is -2.45. The second-order valence-corrected chi connectivity index (χ2v) is 6.79. The molecule has 120 valence electrons. The zero-order chi connectivity index (χ0) is 15.7. The molecule has 6 heteroatoms. The summed E-state index contributed by atoms with van der Waals surface area (Å²) in [6.07, 6.45) is 2.01. The van der Waals surface area contributed by atoms with Crippen molar-refractivity contribution < 1.29 is 13.9 Å². The maximum Gasteiger partial charge on any atom is 0.263 e. The van der Waals surface area contributed by atoms with Crippen molar-refractivity contribution in [2.24, 2.45) is 0 Å². The van der Waals surface area contributed by atoms with E-state index >= 15 is 0 Å². The molecule has 1 unspecified atom stereocenters. The monoisotopic (exact) mass is 370 g/mol. The molecule has 2 aliphatic rings. The van der Waals surface area contributed by atoms with Crippen LogP contribution in [0.15, 0.2) is 16.6 Å². The summed E-state index contributed by atoms with van der Waals surface area (Å²) in [4.78, 5) is 14.4. The molecule has 0 bridgehead atoms. The first-order chi connectivity index (χ1) is 10.6. The molecular weight excluding hydrogens is 351 g/mol. The molecule has 0 saturated carbocycles. The van der Waals surface area contributed by atoms with Crippen LogP contribution in [0.4, 0.5) is 4.39 Å². The molecule has 0 spiro atoms. The number of carbonyl (C=O) groups is 1. The topological polar surface area (TPSA) is 41.6 Å². The van der Waals surface area contributed by atoms with Crippen molar-refractivity contribution in [1.29, 1.82) is 0 Å². The van der Waals surface area contributed by atoms with Crippen molar-refractivity contribution >= 4 is 21.8 Å². The molecule has 2 aliphatic heterocycles. The van der Waals surface area contributed by atoms with Crippen LogP contribution in [0.25, 0.3) is 0 Å². The van der Waals surface area contributed by atoms with Crippen molar-refractivity contribution in [3.63, 3.8) is 0 Å². The van der Waals surface area contributed by atoms with Crippen molar-refractivity contribution in [2.45, 2.75) is 38.3 Å². The average Bonchev–Trinajstić information content (AvgIpc) is 2.87. The third-order valence-corrected chi connectivity index (χ3v) is 5.28. The second kappa shape index (κ2) is 6.54. The fourth-order valence-corrected chi connectivity index (χ4v) is 3.45. The molecule has 0 aromatic heterocycles. The molecule has 2 fully saturated rings. The van der Waals surface area contributed by atoms with Gasteiger partial charge in [0.2, 0.25) is 0 Å². The SMILES string of the molecule is Cc1cc(OC2CCN(C3CCNCC3)C2=O)c(F)cc1Br. The van der Waals surface area contributed by atoms with E-state index in [9.17, 15) is 9.18 Å². The summed E-state index contributed by atoms with van der Waals surface area (Å²) >= 11 is 3.29. The number of amides is 1. The van der Waals surface area contributed by atoms with Crippen LogP contribution in [0, 0.1) is 12.7 Å². The molecule has 1 amide bonds. The third-order valence-electron chi connectivity index (χ3n) is 4.42. The zero-order valence-corrected chi connectivity index (χ0v) is 14.2. The summed E-state index contributed by atoms with van der Waals surface area (Å²) in [6.45, 7) is 4.46. The van der Waals surface area contributed by atoms with Gasteiger partial charge < -0.3 is 15.0 Å². The van der Waals surface area contributed by atoms with Gasteiger partial charge in [0.05, 0.1) is 0 Å². The molecule has 22 heavy (non-hydrogen) atoms. The molecule has 1 atom stereocenters. The van der Waals surface area contributed by atoms with Crippen LogP contribution < -0.4 is 10.1 Å². The van der Waals surface area contributed by atoms with Gasteiger partial charge in [-0.15, -0.1) is 0 Å². The standard InChI is InChI=1S/C16H20BrFN2O2/c1-10-8-15(13(18)9-12(10)17)22-14-4-7-20(16(14)21)11-2-5-19-6-3-11/h8-9,11,14,19H,2-7H2,1H3. The van der Waals surface area contributed by atoms with Crippen molar-refractivity contribution in [2.75, 3.05) is 19.6 Å². The van der Waals surface area contributed by atoms with Gasteiger partial charge in [-0.1, -0.05) is 15.9 Å². The Morgan fingerprint density at radius 2 is 2.05 bits per heavy atom. The van der Waals surface area contributed by atoms with E-state index in [1.807, 2.05) is 11.8 Å². The van der Waals surface area contributed by atoms with Crippen LogP contribution >= 0.6 is 15.9 Å². The van der Waals surface area contributed by atoms with Crippen LogP contribution in [0.5, 0.6) is 5.75 Å². The average molecular weight is 371 g/mol. The van der Waals surface area contributed by atoms with E-state index in [1.54, 1.807) is 6.07 Å². The minimum Gasteiger partial charge on any atom is -0.477 e. The van der Waals surface area contributed by atoms with Crippen LogP contribution in [0.2, 0.25) is 0 Å². The highest BCUT2D eigenvalue weighted by atomic mass is 79.9. The van der Waals surface area contributed by atoms with E-state index in [0.29, 0.717) is 23.5 Å². The number of ether oxygens (including phenoxy) is 1. The number of benzene rings is 1. The van der Waals surface area contributed by atoms with E-state index < -0.39 is 11.9 Å². The van der Waals surface area contributed by atoms with Gasteiger partial charge in [-0.25, -0.2) is 4.39 Å². The fraction of sp³-hybridized carbons (Fsp3) is 0.562. The minimum atomic E-state index is -0.565. The van der Waals surface area contributed by atoms with Gasteiger partial charge in [-0.3, -0.25) is 4.79 Å². The molecule has 1 aromatic rings. The van der Waals surface area contributed by atoms with Crippen LogP contribution in [-0.4, -0.2) is 42.6 Å². The fourth-order valence-electron chi connectivity index (χ4n) is 3.14. The van der Waals surface area contributed by atoms with Gasteiger partial charge in [0, 0.05) is 23.5 Å². The largest absolute Gasteiger partial charge is 0.477 e. The Labute approximate surface area is 138 Å². The van der Waals surface area contributed by atoms with E-state index in [0.717, 1.165) is 31.5 Å². The molecule has 1 N–H and O–H groups in total. The molecule has 1 aromatic carbocycles. The van der Waals surface area contributed by atoms with Gasteiger partial charge >= 0.3 is 0 Å². The van der Waals surface area contributed by atoms with E-state index in [1.165, 1.54) is 6.07 Å². The highest BCUT2D eigenvalue weighted by Crippen LogP contribution is 2.29. The highest BCUT2D eigenvalue weighted by molar-refractivity contribution is 9.10. The lowest BCUT2D eigenvalue weighted by atomic mass is 10.1. The van der Waals surface area contributed by atoms with Crippen molar-refractivity contribution in [3.05, 3.63) is 28.0 Å². The summed E-state index contributed by atoms with van der Waals surface area (Å²) in [5.74, 6) is -0.288. The lowest BCUT2D eigenvalue weighted by Gasteiger charge is -2.31. The van der Waals surface area contributed by atoms with E-state index in [4.69, 9.17) is 4.74 Å². The Hall–Kier alpha value is -1.14. The number of likely N-dealkylation sites (tertiary alicyclic amines) is 1. The molecule has 2 heterocycles. The van der Waals surface area contributed by atoms with Gasteiger partial charge in [0.15, 0.2) is 17.7 Å². The number of hydrogen-bond acceptors (Lipinski definition) is 3. The predicted molar refractivity (Wildman–Crippen MR) is 85.5 cm³/mol. The first kappa shape index (κ1) is 15.7. The molecular formula is C16H20BrFN2O2. The number of nitrogens with one attached hydrogen (secondary N) is 1. The van der Waals surface area contributed by atoms with Crippen LogP contribution in [-0.2, 0) is 4.79 Å². The molecule has 3 rings (SSSR count). The van der Waals surface area contributed by atoms with E-state index in [2.05, 4.69) is 21.2 Å². The molecule has 4 nitrogen and oxygen atoms in total. The quantitative estimate of drug-likeness (QED) is 0.888.